The number of hydrogen-bond acceptors (Lipinski definition) is 2. The van der Waals surface area contributed by atoms with Crippen molar-refractivity contribution in [1.29, 1.82) is 0 Å². The molecule has 1 aliphatic rings. The highest BCUT2D eigenvalue weighted by atomic mass is 16.3. The Morgan fingerprint density at radius 3 is 2.44 bits per heavy atom. The van der Waals surface area contributed by atoms with Gasteiger partial charge >= 0.3 is 0 Å². The lowest BCUT2D eigenvalue weighted by Gasteiger charge is -2.39. The fourth-order valence-corrected chi connectivity index (χ4v) is 2.97. The van der Waals surface area contributed by atoms with Gasteiger partial charge in [-0.15, -0.1) is 0 Å². The molecule has 1 atom stereocenters. The van der Waals surface area contributed by atoms with E-state index >= 15 is 0 Å². The van der Waals surface area contributed by atoms with Crippen LogP contribution in [0.25, 0.3) is 0 Å². The molecule has 1 aromatic rings. The van der Waals surface area contributed by atoms with Crippen molar-refractivity contribution < 1.29 is 5.11 Å². The zero-order valence-electron chi connectivity index (χ0n) is 11.4. The molecule has 100 valence electrons. The van der Waals surface area contributed by atoms with Crippen molar-refractivity contribution in [3.8, 4) is 0 Å². The molecule has 1 unspecified atom stereocenters. The van der Waals surface area contributed by atoms with Gasteiger partial charge in [0, 0.05) is 12.1 Å². The molecule has 2 rings (SSSR count). The van der Waals surface area contributed by atoms with E-state index in [1.807, 2.05) is 6.07 Å². The molecule has 1 saturated carbocycles. The Kier molecular flexibility index (Phi) is 4.79. The van der Waals surface area contributed by atoms with Crippen molar-refractivity contribution in [3.63, 3.8) is 0 Å². The second-order valence-corrected chi connectivity index (χ2v) is 5.75. The van der Waals surface area contributed by atoms with Gasteiger partial charge in [0.15, 0.2) is 0 Å². The van der Waals surface area contributed by atoms with Gasteiger partial charge in [-0.05, 0) is 31.2 Å². The first-order valence-corrected chi connectivity index (χ1v) is 7.14. The lowest BCUT2D eigenvalue weighted by molar-refractivity contribution is 0.0937. The molecule has 1 aliphatic carbocycles. The Morgan fingerprint density at radius 1 is 1.17 bits per heavy atom. The van der Waals surface area contributed by atoms with Crippen LogP contribution in [-0.2, 0) is 6.54 Å². The average molecular weight is 247 g/mol. The van der Waals surface area contributed by atoms with E-state index in [0.29, 0.717) is 5.92 Å². The number of hydrogen-bond donors (Lipinski definition) is 2. The molecule has 0 saturated heterocycles. The molecule has 0 heterocycles. The zero-order chi connectivity index (χ0) is 12.8. The minimum Gasteiger partial charge on any atom is -0.394 e. The predicted octanol–water partition coefficient (Wildman–Crippen LogP) is 3.11. The minimum atomic E-state index is -0.129. The van der Waals surface area contributed by atoms with Gasteiger partial charge in [0.25, 0.3) is 0 Å². The molecular formula is C16H25NO. The Bertz CT molecular complexity index is 345. The van der Waals surface area contributed by atoms with Crippen LogP contribution in [0.2, 0.25) is 0 Å². The van der Waals surface area contributed by atoms with Crippen molar-refractivity contribution in [2.24, 2.45) is 5.92 Å². The molecular weight excluding hydrogens is 222 g/mol. The van der Waals surface area contributed by atoms with Gasteiger partial charge in [-0.2, -0.15) is 0 Å². The summed E-state index contributed by atoms with van der Waals surface area (Å²) in [5, 5.41) is 13.3. The molecule has 0 aliphatic heterocycles. The molecule has 0 amide bonds. The van der Waals surface area contributed by atoms with Crippen LogP contribution in [-0.4, -0.2) is 17.3 Å². The van der Waals surface area contributed by atoms with Crippen molar-refractivity contribution in [2.75, 3.05) is 6.61 Å². The van der Waals surface area contributed by atoms with Gasteiger partial charge in [0.1, 0.15) is 0 Å². The maximum absolute atomic E-state index is 9.75. The van der Waals surface area contributed by atoms with E-state index in [1.54, 1.807) is 0 Å². The van der Waals surface area contributed by atoms with Gasteiger partial charge in [0.2, 0.25) is 0 Å². The van der Waals surface area contributed by atoms with E-state index in [4.69, 9.17) is 0 Å². The maximum atomic E-state index is 9.75. The molecule has 1 fully saturated rings. The molecule has 2 N–H and O–H groups in total. The summed E-state index contributed by atoms with van der Waals surface area (Å²) in [6.45, 7) is 3.24. The maximum Gasteiger partial charge on any atom is 0.0613 e. The monoisotopic (exact) mass is 247 g/mol. The highest BCUT2D eigenvalue weighted by Crippen LogP contribution is 2.32. The first-order chi connectivity index (χ1) is 8.74. The summed E-state index contributed by atoms with van der Waals surface area (Å²) in [4.78, 5) is 0. The Labute approximate surface area is 110 Å². The van der Waals surface area contributed by atoms with Crippen molar-refractivity contribution in [1.82, 2.24) is 5.32 Å². The summed E-state index contributed by atoms with van der Waals surface area (Å²) >= 11 is 0. The molecule has 2 nitrogen and oxygen atoms in total. The second-order valence-electron chi connectivity index (χ2n) is 5.75. The molecule has 18 heavy (non-hydrogen) atoms. The van der Waals surface area contributed by atoms with E-state index in [9.17, 15) is 5.11 Å². The summed E-state index contributed by atoms with van der Waals surface area (Å²) in [7, 11) is 0. The largest absolute Gasteiger partial charge is 0.394 e. The molecule has 0 radical (unpaired) electrons. The summed E-state index contributed by atoms with van der Waals surface area (Å²) in [5.41, 5.74) is 1.16. The van der Waals surface area contributed by atoms with Gasteiger partial charge in [-0.25, -0.2) is 0 Å². The highest BCUT2D eigenvalue weighted by Gasteiger charge is 2.33. The van der Waals surface area contributed by atoms with E-state index in [1.165, 1.54) is 37.7 Å². The van der Waals surface area contributed by atoms with Gasteiger partial charge in [-0.1, -0.05) is 49.6 Å². The smallest absolute Gasteiger partial charge is 0.0613 e. The third-order valence-electron chi connectivity index (χ3n) is 4.37. The van der Waals surface area contributed by atoms with Crippen LogP contribution >= 0.6 is 0 Å². The molecule has 0 bridgehead atoms. The summed E-state index contributed by atoms with van der Waals surface area (Å²) in [5.74, 6) is 0.611. The normalized spacial score (nSPS) is 20.6. The zero-order valence-corrected chi connectivity index (χ0v) is 11.4. The van der Waals surface area contributed by atoms with Crippen LogP contribution in [0.3, 0.4) is 0 Å². The Hall–Kier alpha value is -0.860. The molecule has 0 aromatic heterocycles. The quantitative estimate of drug-likeness (QED) is 0.838. The molecule has 0 spiro atoms. The summed E-state index contributed by atoms with van der Waals surface area (Å²) in [6.07, 6.45) is 6.48. The van der Waals surface area contributed by atoms with Crippen LogP contribution in [0.5, 0.6) is 0 Å². The van der Waals surface area contributed by atoms with E-state index in [0.717, 1.165) is 6.54 Å². The summed E-state index contributed by atoms with van der Waals surface area (Å²) < 4.78 is 0. The van der Waals surface area contributed by atoms with Crippen molar-refractivity contribution in [2.45, 2.75) is 51.1 Å². The minimum absolute atomic E-state index is 0.129. The van der Waals surface area contributed by atoms with Crippen molar-refractivity contribution >= 4 is 0 Å². The van der Waals surface area contributed by atoms with Crippen molar-refractivity contribution in [3.05, 3.63) is 35.9 Å². The van der Waals surface area contributed by atoms with Crippen LogP contribution in [0.4, 0.5) is 0 Å². The summed E-state index contributed by atoms with van der Waals surface area (Å²) in [6, 6.07) is 10.4. The second kappa shape index (κ2) is 6.35. The van der Waals surface area contributed by atoms with Gasteiger partial charge in [-0.3, -0.25) is 0 Å². The first-order valence-electron chi connectivity index (χ1n) is 7.14. The van der Waals surface area contributed by atoms with Crippen LogP contribution < -0.4 is 5.32 Å². The van der Waals surface area contributed by atoms with Crippen LogP contribution in [0, 0.1) is 5.92 Å². The lowest BCUT2D eigenvalue weighted by Crippen LogP contribution is -2.52. The third-order valence-corrected chi connectivity index (χ3v) is 4.37. The SMILES string of the molecule is CC(CO)(NCc1ccccc1)C1CCCCC1. The van der Waals surface area contributed by atoms with Crippen LogP contribution in [0.1, 0.15) is 44.6 Å². The first kappa shape index (κ1) is 13.6. The fraction of sp³-hybridized carbons (Fsp3) is 0.625. The Morgan fingerprint density at radius 2 is 1.83 bits per heavy atom. The van der Waals surface area contributed by atoms with Gasteiger partial charge < -0.3 is 10.4 Å². The fourth-order valence-electron chi connectivity index (χ4n) is 2.97. The predicted molar refractivity (Wildman–Crippen MR) is 75.3 cm³/mol. The molecule has 2 heteroatoms. The van der Waals surface area contributed by atoms with E-state index in [2.05, 4.69) is 36.5 Å². The van der Waals surface area contributed by atoms with E-state index in [-0.39, 0.29) is 12.1 Å². The lowest BCUT2D eigenvalue weighted by atomic mass is 9.76. The van der Waals surface area contributed by atoms with E-state index < -0.39 is 0 Å². The number of benzene rings is 1. The number of nitrogens with one attached hydrogen (secondary N) is 1. The number of rotatable bonds is 5. The topological polar surface area (TPSA) is 32.3 Å². The van der Waals surface area contributed by atoms with Gasteiger partial charge in [0.05, 0.1) is 6.61 Å². The standard InChI is InChI=1S/C16H25NO/c1-16(13-18,15-10-6-3-7-11-15)17-12-14-8-4-2-5-9-14/h2,4-5,8-9,15,17-18H,3,6-7,10-13H2,1H3. The molecule has 1 aromatic carbocycles. The Balaban J connectivity index is 1.94. The number of aliphatic hydroxyl groups is 1. The average Bonchev–Trinajstić information content (AvgIpc) is 2.47. The highest BCUT2D eigenvalue weighted by molar-refractivity contribution is 5.14. The number of aliphatic hydroxyl groups excluding tert-OH is 1. The third kappa shape index (κ3) is 3.33. The van der Waals surface area contributed by atoms with Crippen LogP contribution in [0.15, 0.2) is 30.3 Å².